The van der Waals surface area contributed by atoms with Gasteiger partial charge in [-0.05, 0) is 37.8 Å². The Bertz CT molecular complexity index is 588. The fourth-order valence-electron chi connectivity index (χ4n) is 3.07. The van der Waals surface area contributed by atoms with Gasteiger partial charge in [0.05, 0.1) is 5.92 Å². The maximum atomic E-state index is 12.5. The van der Waals surface area contributed by atoms with Gasteiger partial charge in [-0.25, -0.2) is 0 Å². The Morgan fingerprint density at radius 3 is 2.60 bits per heavy atom. The second-order valence-electron chi connectivity index (χ2n) is 6.45. The predicted octanol–water partition coefficient (Wildman–Crippen LogP) is 2.30. The third kappa shape index (κ3) is 6.21. The number of likely N-dealkylation sites (tertiary alicyclic amines) is 1. The zero-order chi connectivity index (χ0) is 18.1. The van der Waals surface area contributed by atoms with E-state index in [9.17, 15) is 14.4 Å². The van der Waals surface area contributed by atoms with E-state index in [0.29, 0.717) is 31.6 Å². The van der Waals surface area contributed by atoms with Gasteiger partial charge in [0.2, 0.25) is 5.91 Å². The van der Waals surface area contributed by atoms with E-state index < -0.39 is 5.97 Å². The Labute approximate surface area is 148 Å². The number of carbonyl (C=O) groups is 3. The molecule has 2 rings (SSSR count). The van der Waals surface area contributed by atoms with Crippen molar-refractivity contribution in [2.45, 2.75) is 38.5 Å². The van der Waals surface area contributed by atoms with E-state index in [1.807, 2.05) is 18.2 Å². The third-order valence-electron chi connectivity index (χ3n) is 4.47. The number of hydrogen-bond acceptors (Lipinski definition) is 3. The number of hydrogen-bond donors (Lipinski definition) is 2. The van der Waals surface area contributed by atoms with Gasteiger partial charge in [0, 0.05) is 31.6 Å². The maximum Gasteiger partial charge on any atom is 0.303 e. The van der Waals surface area contributed by atoms with Crippen LogP contribution in [0.25, 0.3) is 0 Å². The predicted molar refractivity (Wildman–Crippen MR) is 94.2 cm³/mol. The first-order valence-corrected chi connectivity index (χ1v) is 8.92. The van der Waals surface area contributed by atoms with Crippen LogP contribution in [0.5, 0.6) is 0 Å². The lowest BCUT2D eigenvalue weighted by Gasteiger charge is -2.32. The Morgan fingerprint density at radius 2 is 1.88 bits per heavy atom. The molecule has 2 N–H and O–H groups in total. The molecule has 0 aliphatic carbocycles. The van der Waals surface area contributed by atoms with Gasteiger partial charge in [-0.2, -0.15) is 0 Å². The SMILES string of the molecule is O=C(O)CCCCCNC(=O)C1CCCN(C(=O)c2ccccc2)C1. The second-order valence-corrected chi connectivity index (χ2v) is 6.45. The van der Waals surface area contributed by atoms with Crippen LogP contribution >= 0.6 is 0 Å². The molecule has 0 radical (unpaired) electrons. The molecule has 1 saturated heterocycles. The first-order chi connectivity index (χ1) is 12.1. The lowest BCUT2D eigenvalue weighted by molar-refractivity contribution is -0.137. The summed E-state index contributed by atoms with van der Waals surface area (Å²) in [7, 11) is 0. The van der Waals surface area contributed by atoms with Crippen molar-refractivity contribution in [1.29, 1.82) is 0 Å². The number of amides is 2. The number of carbonyl (C=O) groups excluding carboxylic acids is 2. The van der Waals surface area contributed by atoms with Gasteiger partial charge < -0.3 is 15.3 Å². The van der Waals surface area contributed by atoms with Crippen LogP contribution in [-0.2, 0) is 9.59 Å². The summed E-state index contributed by atoms with van der Waals surface area (Å²) in [6, 6.07) is 9.14. The molecule has 1 aromatic rings. The van der Waals surface area contributed by atoms with E-state index >= 15 is 0 Å². The number of unbranched alkanes of at least 4 members (excludes halogenated alkanes) is 2. The van der Waals surface area contributed by atoms with Crippen molar-refractivity contribution in [2.24, 2.45) is 5.92 Å². The average molecular weight is 346 g/mol. The third-order valence-corrected chi connectivity index (χ3v) is 4.47. The summed E-state index contributed by atoms with van der Waals surface area (Å²) >= 11 is 0. The molecule has 1 fully saturated rings. The quantitative estimate of drug-likeness (QED) is 0.707. The molecule has 2 amide bonds. The molecule has 0 bridgehead atoms. The standard InChI is InChI=1S/C19H26N2O4/c22-17(23)11-5-2-6-12-20-18(24)16-10-7-13-21(14-16)19(25)15-8-3-1-4-9-15/h1,3-4,8-9,16H,2,5-7,10-14H2,(H,20,24)(H,22,23). The molecule has 1 unspecified atom stereocenters. The van der Waals surface area contributed by atoms with Crippen molar-refractivity contribution in [3.63, 3.8) is 0 Å². The molecule has 1 heterocycles. The fourth-order valence-corrected chi connectivity index (χ4v) is 3.07. The summed E-state index contributed by atoms with van der Waals surface area (Å²) < 4.78 is 0. The zero-order valence-electron chi connectivity index (χ0n) is 14.4. The van der Waals surface area contributed by atoms with Gasteiger partial charge in [-0.3, -0.25) is 14.4 Å². The number of rotatable bonds is 8. The number of nitrogens with zero attached hydrogens (tertiary/aromatic N) is 1. The summed E-state index contributed by atoms with van der Waals surface area (Å²) in [6.07, 6.45) is 3.99. The first kappa shape index (κ1) is 19.0. The van der Waals surface area contributed by atoms with Crippen LogP contribution in [0.1, 0.15) is 48.9 Å². The highest BCUT2D eigenvalue weighted by Gasteiger charge is 2.28. The lowest BCUT2D eigenvalue weighted by atomic mass is 9.96. The van der Waals surface area contributed by atoms with E-state index in [1.165, 1.54) is 0 Å². The number of carboxylic acid groups (broad SMARTS) is 1. The summed E-state index contributed by atoms with van der Waals surface area (Å²) in [5, 5.41) is 11.5. The number of carboxylic acids is 1. The number of nitrogens with one attached hydrogen (secondary N) is 1. The van der Waals surface area contributed by atoms with Crippen molar-refractivity contribution in [3.8, 4) is 0 Å². The van der Waals surface area contributed by atoms with Gasteiger partial charge in [-0.1, -0.05) is 24.6 Å². The van der Waals surface area contributed by atoms with E-state index in [1.54, 1.807) is 17.0 Å². The van der Waals surface area contributed by atoms with Crippen molar-refractivity contribution in [3.05, 3.63) is 35.9 Å². The minimum absolute atomic E-state index is 0.0104. The molecular weight excluding hydrogens is 320 g/mol. The molecule has 0 spiro atoms. The Hall–Kier alpha value is -2.37. The lowest BCUT2D eigenvalue weighted by Crippen LogP contribution is -2.45. The van der Waals surface area contributed by atoms with Crippen LogP contribution in [-0.4, -0.2) is 47.4 Å². The summed E-state index contributed by atoms with van der Waals surface area (Å²) in [6.45, 7) is 1.70. The molecular formula is C19H26N2O4. The van der Waals surface area contributed by atoms with Gasteiger partial charge >= 0.3 is 5.97 Å². The molecule has 0 aromatic heterocycles. The number of piperidine rings is 1. The highest BCUT2D eigenvalue weighted by atomic mass is 16.4. The van der Waals surface area contributed by atoms with Crippen molar-refractivity contribution in [1.82, 2.24) is 10.2 Å². The monoisotopic (exact) mass is 346 g/mol. The van der Waals surface area contributed by atoms with E-state index in [-0.39, 0.29) is 24.2 Å². The highest BCUT2D eigenvalue weighted by molar-refractivity contribution is 5.94. The van der Waals surface area contributed by atoms with Crippen molar-refractivity contribution >= 4 is 17.8 Å². The van der Waals surface area contributed by atoms with Crippen LogP contribution in [0, 0.1) is 5.92 Å². The van der Waals surface area contributed by atoms with Crippen LogP contribution in [0.4, 0.5) is 0 Å². The molecule has 6 heteroatoms. The van der Waals surface area contributed by atoms with E-state index in [4.69, 9.17) is 5.11 Å². The smallest absolute Gasteiger partial charge is 0.303 e. The van der Waals surface area contributed by atoms with E-state index in [0.717, 1.165) is 25.7 Å². The average Bonchev–Trinajstić information content (AvgIpc) is 2.64. The molecule has 1 aromatic carbocycles. The summed E-state index contributed by atoms with van der Waals surface area (Å²) in [5.74, 6) is -0.981. The molecule has 1 aliphatic rings. The van der Waals surface area contributed by atoms with Gasteiger partial charge in [-0.15, -0.1) is 0 Å². The molecule has 6 nitrogen and oxygen atoms in total. The summed E-state index contributed by atoms with van der Waals surface area (Å²) in [4.78, 5) is 37.0. The van der Waals surface area contributed by atoms with Crippen molar-refractivity contribution < 1.29 is 19.5 Å². The Morgan fingerprint density at radius 1 is 1.12 bits per heavy atom. The highest BCUT2D eigenvalue weighted by Crippen LogP contribution is 2.19. The Balaban J connectivity index is 1.73. The molecule has 1 aliphatic heterocycles. The molecule has 0 saturated carbocycles. The van der Waals surface area contributed by atoms with Gasteiger partial charge in [0.1, 0.15) is 0 Å². The Kier molecular flexibility index (Phi) is 7.44. The number of benzene rings is 1. The second kappa shape index (κ2) is 9.81. The van der Waals surface area contributed by atoms with Crippen LogP contribution < -0.4 is 5.32 Å². The van der Waals surface area contributed by atoms with Crippen LogP contribution in [0.3, 0.4) is 0 Å². The largest absolute Gasteiger partial charge is 0.481 e. The van der Waals surface area contributed by atoms with Crippen LogP contribution in [0.2, 0.25) is 0 Å². The summed E-state index contributed by atoms with van der Waals surface area (Å²) in [5.41, 5.74) is 0.655. The fraction of sp³-hybridized carbons (Fsp3) is 0.526. The van der Waals surface area contributed by atoms with Crippen LogP contribution in [0.15, 0.2) is 30.3 Å². The maximum absolute atomic E-state index is 12.5. The topological polar surface area (TPSA) is 86.7 Å². The molecule has 1 atom stereocenters. The molecule has 136 valence electrons. The number of aliphatic carboxylic acids is 1. The minimum atomic E-state index is -0.783. The van der Waals surface area contributed by atoms with E-state index in [2.05, 4.69) is 5.32 Å². The molecule has 25 heavy (non-hydrogen) atoms. The zero-order valence-corrected chi connectivity index (χ0v) is 14.4. The van der Waals surface area contributed by atoms with Gasteiger partial charge in [0.25, 0.3) is 5.91 Å². The van der Waals surface area contributed by atoms with Gasteiger partial charge in [0.15, 0.2) is 0 Å². The minimum Gasteiger partial charge on any atom is -0.481 e. The van der Waals surface area contributed by atoms with Crippen molar-refractivity contribution in [2.75, 3.05) is 19.6 Å². The normalized spacial score (nSPS) is 17.1. The first-order valence-electron chi connectivity index (χ1n) is 8.92.